The topological polar surface area (TPSA) is 35.5 Å². The van der Waals surface area contributed by atoms with E-state index in [0.29, 0.717) is 13.1 Å². The summed E-state index contributed by atoms with van der Waals surface area (Å²) in [5, 5.41) is 0. The minimum atomic E-state index is 0.431. The predicted octanol–water partition coefficient (Wildman–Crippen LogP) is 2.19. The Balaban J connectivity index is 0.000000195. The normalized spacial score (nSPS) is 12.6. The van der Waals surface area contributed by atoms with Crippen molar-refractivity contribution in [2.24, 2.45) is 0 Å². The zero-order chi connectivity index (χ0) is 10.9. The second-order valence-corrected chi connectivity index (χ2v) is 3.11. The zero-order valence-corrected chi connectivity index (χ0v) is 8.94. The second-order valence-electron chi connectivity index (χ2n) is 3.11. The van der Waals surface area contributed by atoms with E-state index in [1.807, 2.05) is 12.1 Å². The number of benzene rings is 1. The number of carbonyl (C=O) groups excluding carboxylic acids is 1. The number of hydrogen-bond acceptors (Lipinski definition) is 3. The summed E-state index contributed by atoms with van der Waals surface area (Å²) in [6.07, 6.45) is 2.34. The SMILES string of the molecule is CCOC=O.c1ccc2c(c1)CCCO2. The van der Waals surface area contributed by atoms with Crippen molar-refractivity contribution in [3.8, 4) is 5.75 Å². The molecule has 1 aliphatic rings. The molecule has 0 bridgehead atoms. The Hall–Kier alpha value is -1.51. The summed E-state index contributed by atoms with van der Waals surface area (Å²) < 4.78 is 9.58. The molecule has 0 amide bonds. The smallest absolute Gasteiger partial charge is 0.293 e. The van der Waals surface area contributed by atoms with E-state index < -0.39 is 0 Å². The Morgan fingerprint density at radius 1 is 1.47 bits per heavy atom. The Morgan fingerprint density at radius 3 is 2.87 bits per heavy atom. The molecule has 0 spiro atoms. The van der Waals surface area contributed by atoms with Crippen LogP contribution in [0.4, 0.5) is 0 Å². The van der Waals surface area contributed by atoms with Gasteiger partial charge in [0, 0.05) is 0 Å². The molecule has 0 radical (unpaired) electrons. The molecule has 0 atom stereocenters. The van der Waals surface area contributed by atoms with Crippen molar-refractivity contribution in [3.05, 3.63) is 29.8 Å². The maximum atomic E-state index is 9.18. The Kier molecular flexibility index (Phi) is 5.30. The van der Waals surface area contributed by atoms with Gasteiger partial charge in [-0.15, -0.1) is 0 Å². The second kappa shape index (κ2) is 6.87. The van der Waals surface area contributed by atoms with E-state index in [-0.39, 0.29) is 0 Å². The van der Waals surface area contributed by atoms with Gasteiger partial charge in [-0.05, 0) is 31.4 Å². The summed E-state index contributed by atoms with van der Waals surface area (Å²) >= 11 is 0. The molecule has 15 heavy (non-hydrogen) atoms. The van der Waals surface area contributed by atoms with Crippen LogP contribution in [0.5, 0.6) is 5.75 Å². The highest BCUT2D eigenvalue weighted by molar-refractivity contribution is 5.36. The van der Waals surface area contributed by atoms with Crippen LogP contribution in [-0.2, 0) is 16.0 Å². The number of fused-ring (bicyclic) bond motifs is 1. The lowest BCUT2D eigenvalue weighted by Crippen LogP contribution is -2.07. The third-order valence-electron chi connectivity index (χ3n) is 2.06. The first-order valence-corrected chi connectivity index (χ1v) is 5.14. The summed E-state index contributed by atoms with van der Waals surface area (Å²) in [5.74, 6) is 1.08. The number of carbonyl (C=O) groups is 1. The fourth-order valence-electron chi connectivity index (χ4n) is 1.36. The van der Waals surface area contributed by atoms with Crippen LogP contribution < -0.4 is 4.74 Å². The summed E-state index contributed by atoms with van der Waals surface area (Å²) in [6, 6.07) is 8.25. The van der Waals surface area contributed by atoms with Crippen LogP contribution in [0.2, 0.25) is 0 Å². The molecule has 0 saturated heterocycles. The van der Waals surface area contributed by atoms with Gasteiger partial charge in [0.1, 0.15) is 5.75 Å². The van der Waals surface area contributed by atoms with E-state index in [9.17, 15) is 4.79 Å². The summed E-state index contributed by atoms with van der Waals surface area (Å²) in [7, 11) is 0. The lowest BCUT2D eigenvalue weighted by molar-refractivity contribution is -0.128. The Labute approximate surface area is 90.0 Å². The number of rotatable bonds is 2. The molecular formula is C12H16O3. The molecule has 0 aromatic heterocycles. The molecule has 0 fully saturated rings. The quantitative estimate of drug-likeness (QED) is 0.699. The number of ether oxygens (including phenoxy) is 2. The molecule has 0 saturated carbocycles. The van der Waals surface area contributed by atoms with Crippen molar-refractivity contribution < 1.29 is 14.3 Å². The van der Waals surface area contributed by atoms with Gasteiger partial charge in [0.15, 0.2) is 0 Å². The van der Waals surface area contributed by atoms with Crippen LogP contribution in [0.1, 0.15) is 18.9 Å². The predicted molar refractivity (Wildman–Crippen MR) is 57.9 cm³/mol. The molecule has 3 nitrogen and oxygen atoms in total. The monoisotopic (exact) mass is 208 g/mol. The third-order valence-corrected chi connectivity index (χ3v) is 2.06. The fraction of sp³-hybridized carbons (Fsp3) is 0.417. The van der Waals surface area contributed by atoms with Crippen molar-refractivity contribution in [3.63, 3.8) is 0 Å². The molecule has 1 aliphatic heterocycles. The lowest BCUT2D eigenvalue weighted by Gasteiger charge is -2.15. The molecule has 3 heteroatoms. The van der Waals surface area contributed by atoms with E-state index in [2.05, 4.69) is 16.9 Å². The maximum absolute atomic E-state index is 9.18. The lowest BCUT2D eigenvalue weighted by atomic mass is 10.1. The highest BCUT2D eigenvalue weighted by Crippen LogP contribution is 2.22. The summed E-state index contributed by atoms with van der Waals surface area (Å²) in [4.78, 5) is 9.18. The number of para-hydroxylation sites is 1. The highest BCUT2D eigenvalue weighted by Gasteiger charge is 2.06. The van der Waals surface area contributed by atoms with Gasteiger partial charge in [-0.1, -0.05) is 18.2 Å². The number of aryl methyl sites for hydroxylation is 1. The minimum Gasteiger partial charge on any atom is -0.493 e. The average molecular weight is 208 g/mol. The first kappa shape index (κ1) is 11.6. The van der Waals surface area contributed by atoms with E-state index >= 15 is 0 Å². The number of hydrogen-bond donors (Lipinski definition) is 0. The van der Waals surface area contributed by atoms with Crippen molar-refractivity contribution in [2.45, 2.75) is 19.8 Å². The van der Waals surface area contributed by atoms with Crippen LogP contribution in [0.25, 0.3) is 0 Å². The fourth-order valence-corrected chi connectivity index (χ4v) is 1.36. The van der Waals surface area contributed by atoms with Crippen molar-refractivity contribution >= 4 is 6.47 Å². The largest absolute Gasteiger partial charge is 0.493 e. The van der Waals surface area contributed by atoms with Gasteiger partial charge in [0.05, 0.1) is 13.2 Å². The molecule has 2 rings (SSSR count). The summed E-state index contributed by atoms with van der Waals surface area (Å²) in [5.41, 5.74) is 1.36. The van der Waals surface area contributed by atoms with Crippen LogP contribution in [0, 0.1) is 0 Å². The van der Waals surface area contributed by atoms with Gasteiger partial charge >= 0.3 is 0 Å². The Bertz CT molecular complexity index is 272. The molecule has 1 aromatic carbocycles. The summed E-state index contributed by atoms with van der Waals surface area (Å²) in [6.45, 7) is 3.55. The zero-order valence-electron chi connectivity index (χ0n) is 8.94. The average Bonchev–Trinajstić information content (AvgIpc) is 2.31. The van der Waals surface area contributed by atoms with Crippen LogP contribution in [0.15, 0.2) is 24.3 Å². The minimum absolute atomic E-state index is 0.431. The first-order valence-electron chi connectivity index (χ1n) is 5.14. The standard InChI is InChI=1S/C9H10O.C3H6O2/c1-2-6-9-8(4-1)5-3-7-10-9;1-2-5-3-4/h1-2,4,6H,3,5,7H2;3H,2H2,1H3. The molecule has 0 N–H and O–H groups in total. The van der Waals surface area contributed by atoms with Crippen molar-refractivity contribution in [2.75, 3.05) is 13.2 Å². The van der Waals surface area contributed by atoms with Gasteiger partial charge in [0.2, 0.25) is 0 Å². The Morgan fingerprint density at radius 2 is 2.27 bits per heavy atom. The van der Waals surface area contributed by atoms with Gasteiger partial charge < -0.3 is 9.47 Å². The molecule has 0 unspecified atom stereocenters. The van der Waals surface area contributed by atoms with Gasteiger partial charge in [-0.25, -0.2) is 0 Å². The molecule has 1 aromatic rings. The van der Waals surface area contributed by atoms with E-state index in [4.69, 9.17) is 4.74 Å². The van der Waals surface area contributed by atoms with Crippen LogP contribution in [0.3, 0.4) is 0 Å². The van der Waals surface area contributed by atoms with Gasteiger partial charge in [-0.3, -0.25) is 4.79 Å². The first-order chi connectivity index (χ1) is 7.38. The van der Waals surface area contributed by atoms with Gasteiger partial charge in [-0.2, -0.15) is 0 Å². The third kappa shape index (κ3) is 4.02. The molecular weight excluding hydrogens is 192 g/mol. The van der Waals surface area contributed by atoms with Crippen molar-refractivity contribution in [1.82, 2.24) is 0 Å². The maximum Gasteiger partial charge on any atom is 0.293 e. The van der Waals surface area contributed by atoms with E-state index in [0.717, 1.165) is 18.8 Å². The molecule has 82 valence electrons. The van der Waals surface area contributed by atoms with E-state index in [1.54, 1.807) is 6.92 Å². The highest BCUT2D eigenvalue weighted by atomic mass is 16.5. The van der Waals surface area contributed by atoms with Crippen LogP contribution >= 0.6 is 0 Å². The molecule has 1 heterocycles. The van der Waals surface area contributed by atoms with E-state index in [1.165, 1.54) is 12.0 Å². The van der Waals surface area contributed by atoms with Crippen molar-refractivity contribution in [1.29, 1.82) is 0 Å². The van der Waals surface area contributed by atoms with Gasteiger partial charge in [0.25, 0.3) is 6.47 Å². The van der Waals surface area contributed by atoms with Crippen LogP contribution in [-0.4, -0.2) is 19.7 Å². The molecule has 0 aliphatic carbocycles.